The van der Waals surface area contributed by atoms with Crippen LogP contribution in [0.4, 0.5) is 0 Å². The van der Waals surface area contributed by atoms with Crippen LogP contribution in [0.25, 0.3) is 0 Å². The smallest absolute Gasteiger partial charge is 0.220 e. The standard InChI is InChI=1S/C40H53ClN4O3/c1-39(33-8-4-2-5-9-33,34-10-6-3-7-11-34)19-16-37(44-22-20-40(47,21-23-44)35-12-14-36(41)15-13-35)45(27-17-32(18-28-45)38(42)46)29-24-43-25-30-48-31-26-43/h2-15,32,37,47H,16-31H2,1H3,(H-,42,46)/p+1. The molecule has 3 fully saturated rings. The first-order valence-corrected chi connectivity index (χ1v) is 18.4. The van der Waals surface area contributed by atoms with Crippen LogP contribution in [0.2, 0.25) is 5.02 Å². The van der Waals surface area contributed by atoms with Crippen molar-refractivity contribution in [2.75, 3.05) is 65.6 Å². The Balaban J connectivity index is 1.32. The summed E-state index contributed by atoms with van der Waals surface area (Å²) in [5, 5.41) is 12.6. The number of nitrogens with two attached hydrogens (primary N) is 1. The van der Waals surface area contributed by atoms with Gasteiger partial charge < -0.3 is 20.1 Å². The monoisotopic (exact) mass is 673 g/mol. The van der Waals surface area contributed by atoms with Gasteiger partial charge in [-0.1, -0.05) is 91.3 Å². The molecule has 0 radical (unpaired) electrons. The van der Waals surface area contributed by atoms with Gasteiger partial charge >= 0.3 is 0 Å². The Labute approximate surface area is 292 Å². The van der Waals surface area contributed by atoms with E-state index in [1.54, 1.807) is 0 Å². The first-order chi connectivity index (χ1) is 23.2. The normalized spacial score (nSPS) is 24.6. The van der Waals surface area contributed by atoms with Crippen molar-refractivity contribution in [3.05, 3.63) is 107 Å². The molecule has 6 rings (SSSR count). The first-order valence-electron chi connectivity index (χ1n) is 18.0. The number of morpholine rings is 1. The van der Waals surface area contributed by atoms with Crippen molar-refractivity contribution in [3.63, 3.8) is 0 Å². The Hall–Kier alpha value is -2.78. The Kier molecular flexibility index (Phi) is 11.3. The van der Waals surface area contributed by atoms with Crippen LogP contribution in [0.1, 0.15) is 62.1 Å². The number of likely N-dealkylation sites (tertiary alicyclic amines) is 2. The Bertz CT molecular complexity index is 1410. The molecule has 3 N–H and O–H groups in total. The molecule has 3 saturated heterocycles. The molecular weight excluding hydrogens is 620 g/mol. The van der Waals surface area contributed by atoms with Crippen LogP contribution in [0.3, 0.4) is 0 Å². The third-order valence-electron chi connectivity index (χ3n) is 12.0. The van der Waals surface area contributed by atoms with Gasteiger partial charge in [0.05, 0.1) is 38.4 Å². The quantitative estimate of drug-likeness (QED) is 0.239. The van der Waals surface area contributed by atoms with Gasteiger partial charge in [-0.15, -0.1) is 0 Å². The highest BCUT2D eigenvalue weighted by atomic mass is 35.5. The minimum atomic E-state index is -0.869. The van der Waals surface area contributed by atoms with E-state index in [0.717, 1.165) is 101 Å². The number of ether oxygens (including phenoxy) is 1. The lowest BCUT2D eigenvalue weighted by Gasteiger charge is -2.54. The zero-order chi connectivity index (χ0) is 33.6. The van der Waals surface area contributed by atoms with Crippen LogP contribution < -0.4 is 5.73 Å². The number of amides is 1. The molecule has 0 saturated carbocycles. The van der Waals surface area contributed by atoms with E-state index in [-0.39, 0.29) is 23.4 Å². The Morgan fingerprint density at radius 2 is 1.50 bits per heavy atom. The second-order valence-corrected chi connectivity index (χ2v) is 15.1. The van der Waals surface area contributed by atoms with Crippen molar-refractivity contribution in [3.8, 4) is 0 Å². The summed E-state index contributed by atoms with van der Waals surface area (Å²) in [5.41, 5.74) is 8.46. The van der Waals surface area contributed by atoms with Gasteiger partial charge in [0.25, 0.3) is 0 Å². The van der Waals surface area contributed by atoms with Gasteiger partial charge in [-0.3, -0.25) is 14.6 Å². The number of hydrogen-bond acceptors (Lipinski definition) is 5. The number of halogens is 1. The fourth-order valence-electron chi connectivity index (χ4n) is 8.73. The van der Waals surface area contributed by atoms with Crippen LogP contribution in [-0.4, -0.2) is 97.0 Å². The topological polar surface area (TPSA) is 79.0 Å². The molecular formula is C40H54ClN4O3+. The van der Waals surface area contributed by atoms with Crippen LogP contribution >= 0.6 is 11.6 Å². The molecule has 8 heteroatoms. The summed E-state index contributed by atoms with van der Waals surface area (Å²) in [7, 11) is 0. The number of rotatable bonds is 12. The molecule has 0 aliphatic carbocycles. The average Bonchev–Trinajstić information content (AvgIpc) is 3.13. The summed E-state index contributed by atoms with van der Waals surface area (Å²) in [6.45, 7) is 11.5. The number of quaternary nitrogens is 1. The van der Waals surface area contributed by atoms with E-state index in [9.17, 15) is 9.90 Å². The molecule has 3 aliphatic heterocycles. The number of carbonyl (C=O) groups is 1. The van der Waals surface area contributed by atoms with E-state index < -0.39 is 5.60 Å². The third-order valence-corrected chi connectivity index (χ3v) is 12.3. The van der Waals surface area contributed by atoms with E-state index >= 15 is 0 Å². The predicted molar refractivity (Wildman–Crippen MR) is 193 cm³/mol. The van der Waals surface area contributed by atoms with Crippen LogP contribution in [-0.2, 0) is 20.5 Å². The molecule has 0 aromatic heterocycles. The zero-order valence-corrected chi connectivity index (χ0v) is 29.4. The molecule has 0 spiro atoms. The largest absolute Gasteiger partial charge is 0.385 e. The summed E-state index contributed by atoms with van der Waals surface area (Å²) in [6.07, 6.45) is 5.24. The molecule has 48 heavy (non-hydrogen) atoms. The zero-order valence-electron chi connectivity index (χ0n) is 28.6. The minimum absolute atomic E-state index is 0.0597. The first kappa shape index (κ1) is 35.1. The van der Waals surface area contributed by atoms with Crippen LogP contribution in [0.5, 0.6) is 0 Å². The molecule has 258 valence electrons. The van der Waals surface area contributed by atoms with Crippen molar-refractivity contribution in [1.82, 2.24) is 9.80 Å². The number of aliphatic hydroxyl groups is 1. The summed E-state index contributed by atoms with van der Waals surface area (Å²) in [5.74, 6) is -0.222. The summed E-state index contributed by atoms with van der Waals surface area (Å²) in [4.78, 5) is 17.6. The number of hydrogen-bond donors (Lipinski definition) is 2. The lowest BCUT2D eigenvalue weighted by atomic mass is 9.72. The van der Waals surface area contributed by atoms with Gasteiger partial charge in [0, 0.05) is 68.3 Å². The van der Waals surface area contributed by atoms with Crippen molar-refractivity contribution in [2.24, 2.45) is 11.7 Å². The molecule has 1 amide bonds. The molecule has 3 aromatic rings. The van der Waals surface area contributed by atoms with Crippen molar-refractivity contribution < 1.29 is 19.1 Å². The van der Waals surface area contributed by atoms with Crippen LogP contribution in [0, 0.1) is 5.92 Å². The SMILES string of the molecule is CC(CCC(N1CCC(O)(c2ccc(Cl)cc2)CC1)[N+]1(CCN2CCOCC2)CCC(C(N)=O)CC1)(c1ccccc1)c1ccccc1. The number of carbonyl (C=O) groups excluding carboxylic acids is 1. The lowest BCUT2D eigenvalue weighted by molar-refractivity contribution is -0.967. The molecule has 7 nitrogen and oxygen atoms in total. The van der Waals surface area contributed by atoms with Gasteiger partial charge in [0.1, 0.15) is 6.17 Å². The predicted octanol–water partition coefficient (Wildman–Crippen LogP) is 5.78. The second kappa shape index (κ2) is 15.4. The molecule has 3 heterocycles. The Morgan fingerprint density at radius 3 is 2.04 bits per heavy atom. The fraction of sp³-hybridized carbons (Fsp3) is 0.525. The maximum Gasteiger partial charge on any atom is 0.220 e. The van der Waals surface area contributed by atoms with E-state index in [0.29, 0.717) is 17.9 Å². The van der Waals surface area contributed by atoms with Crippen LogP contribution in [0.15, 0.2) is 84.9 Å². The highest BCUT2D eigenvalue weighted by Crippen LogP contribution is 2.42. The second-order valence-electron chi connectivity index (χ2n) is 14.7. The van der Waals surface area contributed by atoms with Crippen molar-refractivity contribution >= 4 is 17.5 Å². The van der Waals surface area contributed by atoms with Gasteiger partial charge in [-0.05, 0) is 48.1 Å². The summed E-state index contributed by atoms with van der Waals surface area (Å²) >= 11 is 6.21. The number of piperidine rings is 2. The van der Waals surface area contributed by atoms with E-state index in [2.05, 4.69) is 77.4 Å². The van der Waals surface area contributed by atoms with Gasteiger partial charge in [0.15, 0.2) is 0 Å². The highest BCUT2D eigenvalue weighted by Gasteiger charge is 2.48. The maximum absolute atomic E-state index is 12.4. The fourth-order valence-corrected chi connectivity index (χ4v) is 8.86. The molecule has 3 aromatic carbocycles. The van der Waals surface area contributed by atoms with Gasteiger partial charge in [0.2, 0.25) is 5.91 Å². The Morgan fingerprint density at radius 1 is 0.938 bits per heavy atom. The van der Waals surface area contributed by atoms with Crippen molar-refractivity contribution in [2.45, 2.75) is 62.6 Å². The van der Waals surface area contributed by atoms with E-state index in [4.69, 9.17) is 22.1 Å². The highest BCUT2D eigenvalue weighted by molar-refractivity contribution is 6.30. The average molecular weight is 674 g/mol. The maximum atomic E-state index is 12.4. The number of benzene rings is 3. The molecule has 1 atom stereocenters. The summed E-state index contributed by atoms with van der Waals surface area (Å²) in [6, 6.07) is 29.6. The number of nitrogens with zero attached hydrogens (tertiary/aromatic N) is 3. The lowest BCUT2D eigenvalue weighted by Crippen LogP contribution is -2.68. The number of primary amides is 1. The third kappa shape index (κ3) is 7.83. The van der Waals surface area contributed by atoms with E-state index in [1.807, 2.05) is 24.3 Å². The molecule has 0 bridgehead atoms. The van der Waals surface area contributed by atoms with Gasteiger partial charge in [-0.25, -0.2) is 0 Å². The van der Waals surface area contributed by atoms with E-state index in [1.165, 1.54) is 11.1 Å². The minimum Gasteiger partial charge on any atom is -0.385 e. The molecule has 3 aliphatic rings. The van der Waals surface area contributed by atoms with Crippen molar-refractivity contribution in [1.29, 1.82) is 0 Å². The molecule has 1 unspecified atom stereocenters. The van der Waals surface area contributed by atoms with Gasteiger partial charge in [-0.2, -0.15) is 0 Å². The summed E-state index contributed by atoms with van der Waals surface area (Å²) < 4.78 is 6.64.